The Morgan fingerprint density at radius 3 is 3.10 bits per heavy atom. The normalized spacial score (nSPS) is 10.9. The standard InChI is InChI=1S/C15H15ClN4O/c16-12-3-4-13-11(9-12)10-14(19-13)15(21)17-5-1-7-20-8-2-6-18-20/h2-4,6,8-10,19H,1,5,7H2,(H,17,21). The molecule has 0 bridgehead atoms. The number of benzene rings is 1. The highest BCUT2D eigenvalue weighted by atomic mass is 35.5. The molecule has 6 heteroatoms. The third-order valence-electron chi connectivity index (χ3n) is 3.24. The Balaban J connectivity index is 1.56. The summed E-state index contributed by atoms with van der Waals surface area (Å²) in [7, 11) is 0. The van der Waals surface area contributed by atoms with Crippen LogP contribution in [0.2, 0.25) is 5.02 Å². The van der Waals surface area contributed by atoms with Crippen LogP contribution in [0.4, 0.5) is 0 Å². The lowest BCUT2D eigenvalue weighted by atomic mass is 10.2. The maximum Gasteiger partial charge on any atom is 0.267 e. The first-order chi connectivity index (χ1) is 10.2. The lowest BCUT2D eigenvalue weighted by Gasteiger charge is -2.04. The van der Waals surface area contributed by atoms with E-state index in [1.807, 2.05) is 35.1 Å². The molecule has 1 amide bonds. The number of fused-ring (bicyclic) bond motifs is 1. The molecule has 2 heterocycles. The number of aromatic nitrogens is 3. The number of hydrogen-bond donors (Lipinski definition) is 2. The van der Waals surface area contributed by atoms with Gasteiger partial charge in [0.05, 0.1) is 0 Å². The molecule has 0 saturated heterocycles. The Bertz CT molecular complexity index is 748. The fourth-order valence-corrected chi connectivity index (χ4v) is 2.38. The molecule has 0 atom stereocenters. The molecule has 0 spiro atoms. The van der Waals surface area contributed by atoms with Crippen LogP contribution in [0.3, 0.4) is 0 Å². The van der Waals surface area contributed by atoms with Gasteiger partial charge in [0.25, 0.3) is 5.91 Å². The molecule has 5 nitrogen and oxygen atoms in total. The number of aromatic amines is 1. The molecule has 3 aromatic rings. The Labute approximate surface area is 126 Å². The molecule has 2 N–H and O–H groups in total. The Kier molecular flexibility index (Phi) is 3.92. The third kappa shape index (κ3) is 3.25. The fourth-order valence-electron chi connectivity index (χ4n) is 2.20. The van der Waals surface area contributed by atoms with Gasteiger partial charge in [0.2, 0.25) is 0 Å². The van der Waals surface area contributed by atoms with Crippen molar-refractivity contribution in [2.24, 2.45) is 0 Å². The quantitative estimate of drug-likeness (QED) is 0.712. The van der Waals surface area contributed by atoms with Crippen molar-refractivity contribution in [2.75, 3.05) is 6.54 Å². The van der Waals surface area contributed by atoms with E-state index >= 15 is 0 Å². The lowest BCUT2D eigenvalue weighted by molar-refractivity contribution is 0.0948. The molecule has 108 valence electrons. The predicted molar refractivity (Wildman–Crippen MR) is 82.5 cm³/mol. The van der Waals surface area contributed by atoms with Crippen LogP contribution < -0.4 is 5.32 Å². The zero-order valence-electron chi connectivity index (χ0n) is 11.3. The first-order valence-electron chi connectivity index (χ1n) is 6.76. The van der Waals surface area contributed by atoms with E-state index in [1.54, 1.807) is 12.3 Å². The largest absolute Gasteiger partial charge is 0.351 e. The second-order valence-corrected chi connectivity index (χ2v) is 5.23. The summed E-state index contributed by atoms with van der Waals surface area (Å²) in [5, 5.41) is 8.60. The zero-order chi connectivity index (χ0) is 14.7. The van der Waals surface area contributed by atoms with E-state index in [9.17, 15) is 4.79 Å². The van der Waals surface area contributed by atoms with Crippen molar-refractivity contribution in [1.29, 1.82) is 0 Å². The molecular formula is C15H15ClN4O. The van der Waals surface area contributed by atoms with Gasteiger partial charge in [-0.1, -0.05) is 11.6 Å². The number of carbonyl (C=O) groups excluding carboxylic acids is 1. The number of aryl methyl sites for hydroxylation is 1. The predicted octanol–water partition coefficient (Wildman–Crippen LogP) is 2.84. The second-order valence-electron chi connectivity index (χ2n) is 4.79. The fraction of sp³-hybridized carbons (Fsp3) is 0.200. The number of rotatable bonds is 5. The van der Waals surface area contributed by atoms with Crippen molar-refractivity contribution in [3.05, 3.63) is 53.4 Å². The van der Waals surface area contributed by atoms with Crippen molar-refractivity contribution >= 4 is 28.4 Å². The molecular weight excluding hydrogens is 288 g/mol. The van der Waals surface area contributed by atoms with E-state index in [4.69, 9.17) is 11.6 Å². The monoisotopic (exact) mass is 302 g/mol. The van der Waals surface area contributed by atoms with Gasteiger partial charge in [-0.15, -0.1) is 0 Å². The molecule has 2 aromatic heterocycles. The number of carbonyl (C=O) groups is 1. The molecule has 1 aromatic carbocycles. The summed E-state index contributed by atoms with van der Waals surface area (Å²) in [6, 6.07) is 9.19. The van der Waals surface area contributed by atoms with Crippen LogP contribution in [0.1, 0.15) is 16.9 Å². The van der Waals surface area contributed by atoms with E-state index in [1.165, 1.54) is 0 Å². The maximum absolute atomic E-state index is 12.1. The van der Waals surface area contributed by atoms with Gasteiger partial charge in [0.1, 0.15) is 5.69 Å². The summed E-state index contributed by atoms with van der Waals surface area (Å²) in [6.45, 7) is 1.39. The number of hydrogen-bond acceptors (Lipinski definition) is 2. The molecule has 0 aliphatic carbocycles. The van der Waals surface area contributed by atoms with Gasteiger partial charge < -0.3 is 10.3 Å². The number of nitrogens with zero attached hydrogens (tertiary/aromatic N) is 2. The molecule has 0 aliphatic heterocycles. The van der Waals surface area contributed by atoms with Gasteiger partial charge in [0.15, 0.2) is 0 Å². The van der Waals surface area contributed by atoms with E-state index < -0.39 is 0 Å². The number of H-pyrrole nitrogens is 1. The van der Waals surface area contributed by atoms with Gasteiger partial charge >= 0.3 is 0 Å². The minimum Gasteiger partial charge on any atom is -0.351 e. The van der Waals surface area contributed by atoms with Crippen LogP contribution in [0.15, 0.2) is 42.7 Å². The first-order valence-corrected chi connectivity index (χ1v) is 7.14. The van der Waals surface area contributed by atoms with Gasteiger partial charge in [-0.25, -0.2) is 0 Å². The lowest BCUT2D eigenvalue weighted by Crippen LogP contribution is -2.25. The highest BCUT2D eigenvalue weighted by Crippen LogP contribution is 2.19. The van der Waals surface area contributed by atoms with E-state index in [2.05, 4.69) is 15.4 Å². The van der Waals surface area contributed by atoms with Crippen LogP contribution in [-0.4, -0.2) is 27.2 Å². The molecule has 0 fully saturated rings. The average molecular weight is 303 g/mol. The van der Waals surface area contributed by atoms with Crippen molar-refractivity contribution in [3.8, 4) is 0 Å². The zero-order valence-corrected chi connectivity index (χ0v) is 12.1. The van der Waals surface area contributed by atoms with Crippen LogP contribution in [0, 0.1) is 0 Å². The van der Waals surface area contributed by atoms with E-state index in [0.29, 0.717) is 17.3 Å². The summed E-state index contributed by atoms with van der Waals surface area (Å²) in [5.41, 5.74) is 1.45. The van der Waals surface area contributed by atoms with Crippen molar-refractivity contribution in [1.82, 2.24) is 20.1 Å². The second kappa shape index (κ2) is 6.01. The van der Waals surface area contributed by atoms with E-state index in [0.717, 1.165) is 23.9 Å². The smallest absolute Gasteiger partial charge is 0.267 e. The number of halogens is 1. The summed E-state index contributed by atoms with van der Waals surface area (Å²) < 4.78 is 1.84. The Hall–Kier alpha value is -2.27. The number of amides is 1. The Morgan fingerprint density at radius 2 is 2.29 bits per heavy atom. The van der Waals surface area contributed by atoms with Crippen LogP contribution in [0.5, 0.6) is 0 Å². The van der Waals surface area contributed by atoms with Crippen LogP contribution >= 0.6 is 11.6 Å². The molecule has 21 heavy (non-hydrogen) atoms. The highest BCUT2D eigenvalue weighted by molar-refractivity contribution is 6.31. The highest BCUT2D eigenvalue weighted by Gasteiger charge is 2.09. The van der Waals surface area contributed by atoms with Crippen molar-refractivity contribution in [2.45, 2.75) is 13.0 Å². The summed E-state index contributed by atoms with van der Waals surface area (Å²) in [4.78, 5) is 15.2. The molecule has 0 saturated carbocycles. The van der Waals surface area contributed by atoms with Gasteiger partial charge in [0, 0.05) is 41.4 Å². The maximum atomic E-state index is 12.1. The Morgan fingerprint density at radius 1 is 1.38 bits per heavy atom. The molecule has 0 radical (unpaired) electrons. The summed E-state index contributed by atoms with van der Waals surface area (Å²) in [6.07, 6.45) is 4.48. The van der Waals surface area contributed by atoms with Crippen LogP contribution in [0.25, 0.3) is 10.9 Å². The first kappa shape index (κ1) is 13.7. The van der Waals surface area contributed by atoms with Crippen molar-refractivity contribution < 1.29 is 4.79 Å². The average Bonchev–Trinajstić information content (AvgIpc) is 3.11. The van der Waals surface area contributed by atoms with Gasteiger partial charge in [-0.3, -0.25) is 9.48 Å². The topological polar surface area (TPSA) is 62.7 Å². The molecule has 0 unspecified atom stereocenters. The van der Waals surface area contributed by atoms with Crippen molar-refractivity contribution in [3.63, 3.8) is 0 Å². The third-order valence-corrected chi connectivity index (χ3v) is 3.47. The van der Waals surface area contributed by atoms with E-state index in [-0.39, 0.29) is 5.91 Å². The van der Waals surface area contributed by atoms with Gasteiger partial charge in [-0.05, 0) is 36.8 Å². The SMILES string of the molecule is O=C(NCCCn1cccn1)c1cc2cc(Cl)ccc2[nH]1. The minimum atomic E-state index is -0.109. The number of nitrogens with one attached hydrogen (secondary N) is 2. The molecule has 0 aliphatic rings. The minimum absolute atomic E-state index is 0.109. The van der Waals surface area contributed by atoms with Crippen LogP contribution in [-0.2, 0) is 6.54 Å². The summed E-state index contributed by atoms with van der Waals surface area (Å²) in [5.74, 6) is -0.109. The molecule has 3 rings (SSSR count). The van der Waals surface area contributed by atoms with Gasteiger partial charge in [-0.2, -0.15) is 5.10 Å². The summed E-state index contributed by atoms with van der Waals surface area (Å²) >= 11 is 5.94.